The second-order valence-corrected chi connectivity index (χ2v) is 8.80. The summed E-state index contributed by atoms with van der Waals surface area (Å²) >= 11 is 1.85. The Hall–Kier alpha value is -2.92. The Morgan fingerprint density at radius 1 is 0.967 bits per heavy atom. The molecule has 0 unspecified atom stereocenters. The molecule has 0 spiro atoms. The number of thiophene rings is 1. The highest BCUT2D eigenvalue weighted by atomic mass is 32.1. The lowest BCUT2D eigenvalue weighted by atomic mass is 10.1. The quantitative estimate of drug-likeness (QED) is 0.437. The van der Waals surface area contributed by atoms with Crippen LogP contribution in [0.25, 0.3) is 10.2 Å². The first kappa shape index (κ1) is 19.1. The third-order valence-corrected chi connectivity index (χ3v) is 6.87. The van der Waals surface area contributed by atoms with Gasteiger partial charge in [0.15, 0.2) is 0 Å². The van der Waals surface area contributed by atoms with Crippen LogP contribution < -0.4 is 10.1 Å². The minimum Gasteiger partial charge on any atom is -0.497 e. The van der Waals surface area contributed by atoms with Gasteiger partial charge < -0.3 is 10.1 Å². The molecule has 4 nitrogen and oxygen atoms in total. The summed E-state index contributed by atoms with van der Waals surface area (Å²) < 4.78 is 5.26. The molecule has 1 aliphatic carbocycles. The number of aryl methyl sites for hydroxylation is 2. The minimum atomic E-state index is 0.756. The van der Waals surface area contributed by atoms with Crippen LogP contribution in [-0.4, -0.2) is 23.6 Å². The minimum absolute atomic E-state index is 0.756. The Morgan fingerprint density at radius 3 is 2.60 bits per heavy atom. The number of methoxy groups -OCH3 is 1. The number of anilines is 1. The number of ether oxygens (including phenoxy) is 1. The Kier molecular flexibility index (Phi) is 5.37. The van der Waals surface area contributed by atoms with Gasteiger partial charge in [-0.3, -0.25) is 0 Å². The van der Waals surface area contributed by atoms with Crippen LogP contribution in [0.2, 0.25) is 0 Å². The molecule has 2 aromatic carbocycles. The van der Waals surface area contributed by atoms with Crippen molar-refractivity contribution < 1.29 is 4.74 Å². The van der Waals surface area contributed by atoms with E-state index < -0.39 is 0 Å². The summed E-state index contributed by atoms with van der Waals surface area (Å²) in [7, 11) is 1.70. The maximum absolute atomic E-state index is 5.26. The lowest BCUT2D eigenvalue weighted by Gasteiger charge is -2.11. The van der Waals surface area contributed by atoms with Crippen LogP contribution in [0, 0.1) is 0 Å². The van der Waals surface area contributed by atoms with E-state index in [0.717, 1.165) is 48.0 Å². The molecule has 0 fully saturated rings. The van der Waals surface area contributed by atoms with Gasteiger partial charge in [0.1, 0.15) is 22.2 Å². The average Bonchev–Trinajstić information content (AvgIpc) is 3.36. The third kappa shape index (κ3) is 3.90. The number of aromatic nitrogens is 2. The molecule has 0 radical (unpaired) electrons. The molecule has 0 bridgehead atoms. The van der Waals surface area contributed by atoms with Crippen LogP contribution in [0.15, 0.2) is 54.6 Å². The van der Waals surface area contributed by atoms with Gasteiger partial charge in [-0.15, -0.1) is 11.3 Å². The van der Waals surface area contributed by atoms with E-state index in [-0.39, 0.29) is 0 Å². The standard InChI is InChI=1S/C25H25N3OS/c1-29-19-12-10-17(11-13-19)14-15-26-24-23-20-8-5-9-21(20)30-25(23)28-22(27-24)16-18-6-3-2-4-7-18/h2-4,6-7,10-13H,5,8-9,14-16H2,1H3,(H,26,27,28). The molecule has 0 atom stereocenters. The number of hydrogen-bond acceptors (Lipinski definition) is 5. The van der Waals surface area contributed by atoms with Gasteiger partial charge in [-0.1, -0.05) is 42.5 Å². The maximum atomic E-state index is 5.26. The van der Waals surface area contributed by atoms with Crippen molar-refractivity contribution in [2.45, 2.75) is 32.1 Å². The van der Waals surface area contributed by atoms with E-state index in [1.165, 1.54) is 39.8 Å². The number of nitrogens with one attached hydrogen (secondary N) is 1. The first-order valence-electron chi connectivity index (χ1n) is 10.5. The van der Waals surface area contributed by atoms with Crippen molar-refractivity contribution in [3.05, 3.63) is 82.0 Å². The molecular formula is C25H25N3OS. The summed E-state index contributed by atoms with van der Waals surface area (Å²) in [6.45, 7) is 0.841. The van der Waals surface area contributed by atoms with E-state index in [1.54, 1.807) is 7.11 Å². The molecule has 30 heavy (non-hydrogen) atoms. The smallest absolute Gasteiger partial charge is 0.138 e. The lowest BCUT2D eigenvalue weighted by Crippen LogP contribution is -2.09. The molecular weight excluding hydrogens is 390 g/mol. The molecule has 0 aliphatic heterocycles. The van der Waals surface area contributed by atoms with Gasteiger partial charge in [0.2, 0.25) is 0 Å². The fraction of sp³-hybridized carbons (Fsp3) is 0.280. The van der Waals surface area contributed by atoms with Gasteiger partial charge in [0, 0.05) is 17.8 Å². The second-order valence-electron chi connectivity index (χ2n) is 7.71. The number of hydrogen-bond donors (Lipinski definition) is 1. The van der Waals surface area contributed by atoms with Crippen LogP contribution in [0.5, 0.6) is 5.75 Å². The highest BCUT2D eigenvalue weighted by molar-refractivity contribution is 7.19. The van der Waals surface area contributed by atoms with E-state index in [1.807, 2.05) is 29.5 Å². The van der Waals surface area contributed by atoms with Gasteiger partial charge in [-0.2, -0.15) is 0 Å². The third-order valence-electron chi connectivity index (χ3n) is 5.68. The summed E-state index contributed by atoms with van der Waals surface area (Å²) in [5.41, 5.74) is 3.99. The first-order valence-corrected chi connectivity index (χ1v) is 11.3. The van der Waals surface area contributed by atoms with Gasteiger partial charge >= 0.3 is 0 Å². The molecule has 2 heterocycles. The van der Waals surface area contributed by atoms with Gasteiger partial charge in [-0.25, -0.2) is 9.97 Å². The number of fused-ring (bicyclic) bond motifs is 3. The van der Waals surface area contributed by atoms with Gasteiger partial charge in [0.05, 0.1) is 12.5 Å². The van der Waals surface area contributed by atoms with E-state index in [0.29, 0.717) is 0 Å². The molecule has 5 heteroatoms. The molecule has 0 amide bonds. The van der Waals surface area contributed by atoms with Crippen molar-refractivity contribution in [3.8, 4) is 5.75 Å². The predicted octanol–water partition coefficient (Wildman–Crippen LogP) is 5.43. The lowest BCUT2D eigenvalue weighted by molar-refractivity contribution is 0.414. The van der Waals surface area contributed by atoms with Crippen LogP contribution >= 0.6 is 11.3 Å². The van der Waals surface area contributed by atoms with Crippen LogP contribution in [-0.2, 0) is 25.7 Å². The maximum Gasteiger partial charge on any atom is 0.138 e. The number of nitrogens with zero attached hydrogens (tertiary/aromatic N) is 2. The molecule has 1 N–H and O–H groups in total. The molecule has 152 valence electrons. The van der Waals surface area contributed by atoms with E-state index in [9.17, 15) is 0 Å². The zero-order chi connectivity index (χ0) is 20.3. The van der Waals surface area contributed by atoms with Crippen LogP contribution in [0.1, 0.15) is 33.8 Å². The second kappa shape index (κ2) is 8.44. The first-order chi connectivity index (χ1) is 14.8. The van der Waals surface area contributed by atoms with Crippen molar-refractivity contribution in [2.75, 3.05) is 19.0 Å². The summed E-state index contributed by atoms with van der Waals surface area (Å²) in [5.74, 6) is 2.78. The van der Waals surface area contributed by atoms with E-state index in [4.69, 9.17) is 14.7 Å². The number of benzene rings is 2. The largest absolute Gasteiger partial charge is 0.497 e. The Labute approximate surface area is 181 Å². The van der Waals surface area contributed by atoms with Crippen LogP contribution in [0.3, 0.4) is 0 Å². The highest BCUT2D eigenvalue weighted by Gasteiger charge is 2.22. The zero-order valence-electron chi connectivity index (χ0n) is 17.1. The molecule has 4 aromatic rings. The van der Waals surface area contributed by atoms with E-state index >= 15 is 0 Å². The monoisotopic (exact) mass is 415 g/mol. The Morgan fingerprint density at radius 2 is 1.80 bits per heavy atom. The average molecular weight is 416 g/mol. The summed E-state index contributed by atoms with van der Waals surface area (Å²) in [6.07, 6.45) is 5.26. The molecule has 2 aromatic heterocycles. The van der Waals surface area contributed by atoms with Crippen molar-refractivity contribution >= 4 is 27.4 Å². The highest BCUT2D eigenvalue weighted by Crippen LogP contribution is 2.39. The van der Waals surface area contributed by atoms with Gasteiger partial charge in [0.25, 0.3) is 0 Å². The van der Waals surface area contributed by atoms with Crippen molar-refractivity contribution in [2.24, 2.45) is 0 Å². The Balaban J connectivity index is 1.41. The van der Waals surface area contributed by atoms with Crippen molar-refractivity contribution in [1.29, 1.82) is 0 Å². The molecule has 1 aliphatic rings. The zero-order valence-corrected chi connectivity index (χ0v) is 18.0. The summed E-state index contributed by atoms with van der Waals surface area (Å²) in [5, 5.41) is 4.88. The van der Waals surface area contributed by atoms with Crippen LogP contribution in [0.4, 0.5) is 5.82 Å². The fourth-order valence-electron chi connectivity index (χ4n) is 4.14. The topological polar surface area (TPSA) is 47.0 Å². The summed E-state index contributed by atoms with van der Waals surface area (Å²) in [6, 6.07) is 18.7. The van der Waals surface area contributed by atoms with Gasteiger partial charge in [-0.05, 0) is 54.5 Å². The fourth-order valence-corrected chi connectivity index (χ4v) is 5.42. The number of rotatable bonds is 7. The molecule has 0 saturated carbocycles. The predicted molar refractivity (Wildman–Crippen MR) is 124 cm³/mol. The normalized spacial score (nSPS) is 12.8. The van der Waals surface area contributed by atoms with Crippen molar-refractivity contribution in [1.82, 2.24) is 9.97 Å². The summed E-state index contributed by atoms with van der Waals surface area (Å²) in [4.78, 5) is 12.5. The molecule has 5 rings (SSSR count). The SMILES string of the molecule is COc1ccc(CCNc2nc(Cc3ccccc3)nc3sc4c(c23)CCC4)cc1. The van der Waals surface area contributed by atoms with Crippen molar-refractivity contribution in [3.63, 3.8) is 0 Å². The van der Waals surface area contributed by atoms with E-state index in [2.05, 4.69) is 41.7 Å². The molecule has 0 saturated heterocycles. The Bertz CT molecular complexity index is 1150.